The van der Waals surface area contributed by atoms with Crippen LogP contribution in [-0.2, 0) is 23.6 Å². The van der Waals surface area contributed by atoms with Crippen LogP contribution in [0.2, 0.25) is 0 Å². The Kier molecular flexibility index (Phi) is 8.04. The fraction of sp³-hybridized carbons (Fsp3) is 0.333. The molecular formula is C30H33N3O2S. The molecule has 0 unspecified atom stereocenters. The monoisotopic (exact) mass is 499 g/mol. The minimum atomic E-state index is -0.485. The van der Waals surface area contributed by atoms with Crippen LogP contribution >= 0.6 is 11.8 Å². The standard InChI is InChI=1S/C30H33N3O2S/c34-29(31-26-15-17-32(18-16-26)19-23-9-3-1-4-10-23)28(22-36-21-24-11-5-2-6-12-24)33-20-25-13-7-8-14-27(25)30(33)35/h1-14,26,28H,15-22H2,(H,31,34)/t28-/m0/s1. The van der Waals surface area contributed by atoms with E-state index in [1.807, 2.05) is 48.5 Å². The lowest BCUT2D eigenvalue weighted by atomic mass is 10.0. The fourth-order valence-corrected chi connectivity index (χ4v) is 6.17. The molecule has 2 amide bonds. The number of fused-ring (bicyclic) bond motifs is 1. The number of nitrogens with one attached hydrogen (secondary N) is 1. The molecule has 3 aromatic carbocycles. The minimum Gasteiger partial charge on any atom is -0.351 e. The van der Waals surface area contributed by atoms with Gasteiger partial charge in [-0.05, 0) is 35.6 Å². The Morgan fingerprint density at radius 2 is 1.53 bits per heavy atom. The van der Waals surface area contributed by atoms with Crippen LogP contribution in [0.15, 0.2) is 84.9 Å². The second-order valence-electron chi connectivity index (χ2n) is 9.65. The van der Waals surface area contributed by atoms with E-state index in [4.69, 9.17) is 0 Å². The van der Waals surface area contributed by atoms with Gasteiger partial charge in [-0.3, -0.25) is 14.5 Å². The third-order valence-electron chi connectivity index (χ3n) is 7.10. The van der Waals surface area contributed by atoms with Gasteiger partial charge in [0.15, 0.2) is 0 Å². The maximum Gasteiger partial charge on any atom is 0.255 e. The first-order valence-corrected chi connectivity index (χ1v) is 13.9. The number of rotatable bonds is 9. The summed E-state index contributed by atoms with van der Waals surface area (Å²) in [4.78, 5) is 31.0. The summed E-state index contributed by atoms with van der Waals surface area (Å²) >= 11 is 1.71. The first kappa shape index (κ1) is 24.6. The summed E-state index contributed by atoms with van der Waals surface area (Å²) in [6, 6.07) is 28.2. The molecule has 0 saturated carbocycles. The van der Waals surface area contributed by atoms with Gasteiger partial charge in [0.25, 0.3) is 5.91 Å². The van der Waals surface area contributed by atoms with Crippen LogP contribution in [0.3, 0.4) is 0 Å². The number of benzene rings is 3. The maximum absolute atomic E-state index is 13.6. The Hall–Kier alpha value is -3.09. The van der Waals surface area contributed by atoms with Crippen LogP contribution < -0.4 is 5.32 Å². The lowest BCUT2D eigenvalue weighted by Gasteiger charge is -2.34. The molecule has 0 radical (unpaired) electrons. The summed E-state index contributed by atoms with van der Waals surface area (Å²) in [5.41, 5.74) is 4.27. The molecule has 0 aromatic heterocycles. The molecule has 0 spiro atoms. The molecule has 1 N–H and O–H groups in total. The van der Waals surface area contributed by atoms with E-state index in [9.17, 15) is 9.59 Å². The molecule has 2 heterocycles. The predicted octanol–water partition coefficient (Wildman–Crippen LogP) is 4.73. The van der Waals surface area contributed by atoms with Gasteiger partial charge in [0.1, 0.15) is 6.04 Å². The fourth-order valence-electron chi connectivity index (χ4n) is 5.07. The van der Waals surface area contributed by atoms with Crippen molar-refractivity contribution in [1.82, 2.24) is 15.1 Å². The van der Waals surface area contributed by atoms with Crippen LogP contribution in [0.1, 0.15) is 39.9 Å². The highest BCUT2D eigenvalue weighted by Gasteiger charge is 2.37. The number of piperidine rings is 1. The Labute approximate surface area is 217 Å². The molecule has 5 rings (SSSR count). The topological polar surface area (TPSA) is 52.7 Å². The molecule has 3 aromatic rings. The Bertz CT molecular complexity index is 1160. The van der Waals surface area contributed by atoms with Crippen molar-refractivity contribution in [3.63, 3.8) is 0 Å². The molecule has 0 aliphatic carbocycles. The van der Waals surface area contributed by atoms with Gasteiger partial charge in [-0.15, -0.1) is 0 Å². The summed E-state index contributed by atoms with van der Waals surface area (Å²) in [6.07, 6.45) is 1.85. The molecule has 186 valence electrons. The Morgan fingerprint density at radius 3 is 2.22 bits per heavy atom. The van der Waals surface area contributed by atoms with Crippen LogP contribution in [0.5, 0.6) is 0 Å². The molecular weight excluding hydrogens is 466 g/mol. The number of thioether (sulfide) groups is 1. The average molecular weight is 500 g/mol. The first-order valence-electron chi connectivity index (χ1n) is 12.7. The quantitative estimate of drug-likeness (QED) is 0.463. The highest BCUT2D eigenvalue weighted by molar-refractivity contribution is 7.98. The second kappa shape index (κ2) is 11.8. The van der Waals surface area contributed by atoms with Gasteiger partial charge >= 0.3 is 0 Å². The number of carbonyl (C=O) groups is 2. The zero-order chi connectivity index (χ0) is 24.7. The van der Waals surface area contributed by atoms with E-state index < -0.39 is 6.04 Å². The third-order valence-corrected chi connectivity index (χ3v) is 8.19. The van der Waals surface area contributed by atoms with E-state index in [-0.39, 0.29) is 17.9 Å². The van der Waals surface area contributed by atoms with Crippen molar-refractivity contribution in [3.05, 3.63) is 107 Å². The molecule has 2 aliphatic heterocycles. The van der Waals surface area contributed by atoms with Gasteiger partial charge < -0.3 is 10.2 Å². The molecule has 5 nitrogen and oxygen atoms in total. The van der Waals surface area contributed by atoms with Crippen LogP contribution in [0, 0.1) is 0 Å². The van der Waals surface area contributed by atoms with Crippen molar-refractivity contribution < 1.29 is 9.59 Å². The van der Waals surface area contributed by atoms with E-state index in [1.54, 1.807) is 16.7 Å². The van der Waals surface area contributed by atoms with E-state index in [0.29, 0.717) is 12.3 Å². The van der Waals surface area contributed by atoms with E-state index in [1.165, 1.54) is 11.1 Å². The van der Waals surface area contributed by atoms with Gasteiger partial charge in [0.2, 0.25) is 5.91 Å². The molecule has 6 heteroatoms. The molecule has 1 saturated heterocycles. The number of carbonyl (C=O) groups excluding carboxylic acids is 2. The Balaban J connectivity index is 1.20. The number of hydrogen-bond donors (Lipinski definition) is 1. The van der Waals surface area contributed by atoms with Crippen molar-refractivity contribution in [2.45, 2.75) is 43.8 Å². The highest BCUT2D eigenvalue weighted by atomic mass is 32.2. The van der Waals surface area contributed by atoms with Crippen molar-refractivity contribution in [2.24, 2.45) is 0 Å². The van der Waals surface area contributed by atoms with Crippen molar-refractivity contribution in [2.75, 3.05) is 18.8 Å². The minimum absolute atomic E-state index is 0.0294. The van der Waals surface area contributed by atoms with Gasteiger partial charge in [-0.1, -0.05) is 78.9 Å². The molecule has 0 bridgehead atoms. The van der Waals surface area contributed by atoms with E-state index in [0.717, 1.165) is 49.4 Å². The molecule has 36 heavy (non-hydrogen) atoms. The average Bonchev–Trinajstić information content (AvgIpc) is 3.25. The number of nitrogens with zero attached hydrogens (tertiary/aromatic N) is 2. The first-order chi connectivity index (χ1) is 17.7. The summed E-state index contributed by atoms with van der Waals surface area (Å²) in [5, 5.41) is 3.30. The SMILES string of the molecule is O=C(NC1CCN(Cc2ccccc2)CC1)[C@H](CSCc1ccccc1)N1Cc2ccccc2C1=O. The lowest BCUT2D eigenvalue weighted by Crippen LogP contribution is -2.53. The van der Waals surface area contributed by atoms with Crippen LogP contribution in [0.25, 0.3) is 0 Å². The second-order valence-corrected chi connectivity index (χ2v) is 10.7. The third kappa shape index (κ3) is 6.00. The number of hydrogen-bond acceptors (Lipinski definition) is 4. The normalized spacial score (nSPS) is 17.1. The van der Waals surface area contributed by atoms with Crippen LogP contribution in [-0.4, -0.2) is 52.5 Å². The van der Waals surface area contributed by atoms with Crippen molar-refractivity contribution in [1.29, 1.82) is 0 Å². The van der Waals surface area contributed by atoms with Gasteiger partial charge in [-0.2, -0.15) is 11.8 Å². The van der Waals surface area contributed by atoms with Crippen LogP contribution in [0.4, 0.5) is 0 Å². The maximum atomic E-state index is 13.6. The molecule has 1 atom stereocenters. The molecule has 2 aliphatic rings. The number of amides is 2. The summed E-state index contributed by atoms with van der Waals surface area (Å²) in [6.45, 7) is 3.36. The van der Waals surface area contributed by atoms with E-state index >= 15 is 0 Å². The lowest BCUT2D eigenvalue weighted by molar-refractivity contribution is -0.126. The van der Waals surface area contributed by atoms with Crippen molar-refractivity contribution in [3.8, 4) is 0 Å². The predicted molar refractivity (Wildman–Crippen MR) is 146 cm³/mol. The summed E-state index contributed by atoms with van der Waals surface area (Å²) in [5.74, 6) is 1.33. The number of likely N-dealkylation sites (tertiary alicyclic amines) is 1. The summed E-state index contributed by atoms with van der Waals surface area (Å²) in [7, 11) is 0. The van der Waals surface area contributed by atoms with Gasteiger partial charge in [0.05, 0.1) is 0 Å². The highest BCUT2D eigenvalue weighted by Crippen LogP contribution is 2.27. The van der Waals surface area contributed by atoms with E-state index in [2.05, 4.69) is 46.6 Å². The smallest absolute Gasteiger partial charge is 0.255 e. The zero-order valence-corrected chi connectivity index (χ0v) is 21.3. The van der Waals surface area contributed by atoms with Gasteiger partial charge in [-0.25, -0.2) is 0 Å². The van der Waals surface area contributed by atoms with Crippen molar-refractivity contribution >= 4 is 23.6 Å². The van der Waals surface area contributed by atoms with Gasteiger partial charge in [0, 0.05) is 49.3 Å². The largest absolute Gasteiger partial charge is 0.351 e. The molecule has 1 fully saturated rings. The zero-order valence-electron chi connectivity index (χ0n) is 20.5. The summed E-state index contributed by atoms with van der Waals surface area (Å²) < 4.78 is 0. The Morgan fingerprint density at radius 1 is 0.889 bits per heavy atom.